The number of hydrogen-bond acceptors (Lipinski definition) is 3. The summed E-state index contributed by atoms with van der Waals surface area (Å²) >= 11 is 1.67. The van der Waals surface area contributed by atoms with E-state index in [9.17, 15) is 14.0 Å². The van der Waals surface area contributed by atoms with E-state index in [1.807, 2.05) is 30.5 Å². The van der Waals surface area contributed by atoms with Gasteiger partial charge in [0.15, 0.2) is 0 Å². The second-order valence-electron chi connectivity index (χ2n) is 7.08. The van der Waals surface area contributed by atoms with Gasteiger partial charge in [0, 0.05) is 30.6 Å². The zero-order chi connectivity index (χ0) is 21.1. The lowest BCUT2D eigenvalue weighted by molar-refractivity contribution is -0.121. The summed E-state index contributed by atoms with van der Waals surface area (Å²) in [5.41, 5.74) is 2.67. The number of aryl methyl sites for hydroxylation is 1. The van der Waals surface area contributed by atoms with Crippen LogP contribution in [0.25, 0.3) is 16.6 Å². The molecule has 0 unspecified atom stereocenters. The van der Waals surface area contributed by atoms with Gasteiger partial charge < -0.3 is 14.3 Å². The largest absolute Gasteiger partial charge is 0.352 e. The maximum atomic E-state index is 13.8. The van der Waals surface area contributed by atoms with Crippen LogP contribution in [0.15, 0.2) is 70.5 Å². The van der Waals surface area contributed by atoms with Gasteiger partial charge in [-0.05, 0) is 60.7 Å². The highest BCUT2D eigenvalue weighted by atomic mass is 32.2. The number of halogens is 1. The summed E-state index contributed by atoms with van der Waals surface area (Å²) in [4.78, 5) is 26.3. The van der Waals surface area contributed by atoms with E-state index in [-0.39, 0.29) is 11.5 Å². The molecule has 0 saturated heterocycles. The van der Waals surface area contributed by atoms with Gasteiger partial charge in [0.25, 0.3) is 5.56 Å². The van der Waals surface area contributed by atoms with Gasteiger partial charge in [0.2, 0.25) is 5.91 Å². The normalized spacial score (nSPS) is 11.3. The molecule has 0 aliphatic rings. The maximum Gasteiger partial charge on any atom is 0.275 e. The van der Waals surface area contributed by atoms with Crippen LogP contribution < -0.4 is 10.9 Å². The van der Waals surface area contributed by atoms with Crippen molar-refractivity contribution in [1.82, 2.24) is 14.3 Å². The SMILES string of the molecule is CSc1ccc(CNC(=O)CCCn2c(=O)c3cccn3c3ccc(F)cc32)cc1. The Hall–Kier alpha value is -3.06. The Labute approximate surface area is 177 Å². The summed E-state index contributed by atoms with van der Waals surface area (Å²) in [5.74, 6) is -0.469. The van der Waals surface area contributed by atoms with Crippen LogP contribution in [-0.4, -0.2) is 21.1 Å². The summed E-state index contributed by atoms with van der Waals surface area (Å²) < 4.78 is 17.2. The highest BCUT2D eigenvalue weighted by molar-refractivity contribution is 7.98. The Kier molecular flexibility index (Phi) is 5.90. The third-order valence-corrected chi connectivity index (χ3v) is 5.88. The molecule has 1 amide bonds. The van der Waals surface area contributed by atoms with Crippen molar-refractivity contribution in [2.45, 2.75) is 30.8 Å². The molecular formula is C23H22FN3O2S. The summed E-state index contributed by atoms with van der Waals surface area (Å²) in [5, 5.41) is 2.91. The highest BCUT2D eigenvalue weighted by Crippen LogP contribution is 2.17. The second-order valence-corrected chi connectivity index (χ2v) is 7.96. The smallest absolute Gasteiger partial charge is 0.275 e. The number of hydrogen-bond donors (Lipinski definition) is 1. The molecule has 0 bridgehead atoms. The van der Waals surface area contributed by atoms with Crippen LogP contribution in [0.2, 0.25) is 0 Å². The molecule has 0 aliphatic heterocycles. The van der Waals surface area contributed by atoms with Crippen LogP contribution in [0.3, 0.4) is 0 Å². The number of nitrogens with zero attached hydrogens (tertiary/aromatic N) is 2. The molecule has 7 heteroatoms. The first-order valence-electron chi connectivity index (χ1n) is 9.75. The van der Waals surface area contributed by atoms with E-state index < -0.39 is 5.82 Å². The standard InChI is InChI=1S/C23H22FN3O2S/c1-30-18-9-6-16(7-10-18)15-25-22(28)5-3-13-27-21-14-17(24)8-11-19(21)26-12-2-4-20(26)23(27)29/h2,4,6-12,14H,3,5,13,15H2,1H3,(H,25,28). The number of fused-ring (bicyclic) bond motifs is 3. The first kappa shape index (κ1) is 20.2. The predicted octanol–water partition coefficient (Wildman–Crippen LogP) is 4.21. The zero-order valence-corrected chi connectivity index (χ0v) is 17.4. The summed E-state index contributed by atoms with van der Waals surface area (Å²) in [6.07, 6.45) is 4.59. The van der Waals surface area contributed by atoms with Gasteiger partial charge in [0.1, 0.15) is 11.3 Å². The predicted molar refractivity (Wildman–Crippen MR) is 118 cm³/mol. The topological polar surface area (TPSA) is 55.5 Å². The van der Waals surface area contributed by atoms with Crippen LogP contribution in [0, 0.1) is 5.82 Å². The Balaban J connectivity index is 1.44. The van der Waals surface area contributed by atoms with E-state index in [4.69, 9.17) is 0 Å². The first-order chi connectivity index (χ1) is 14.6. The highest BCUT2D eigenvalue weighted by Gasteiger charge is 2.12. The zero-order valence-electron chi connectivity index (χ0n) is 16.6. The fraction of sp³-hybridized carbons (Fsp3) is 0.217. The monoisotopic (exact) mass is 423 g/mol. The molecule has 2 aromatic carbocycles. The number of benzene rings is 2. The van der Waals surface area contributed by atoms with Gasteiger partial charge in [-0.1, -0.05) is 12.1 Å². The van der Waals surface area contributed by atoms with E-state index in [1.165, 1.54) is 17.0 Å². The van der Waals surface area contributed by atoms with E-state index in [1.54, 1.807) is 45.1 Å². The van der Waals surface area contributed by atoms with Crippen molar-refractivity contribution >= 4 is 34.2 Å². The van der Waals surface area contributed by atoms with Crippen molar-refractivity contribution in [2.24, 2.45) is 0 Å². The lowest BCUT2D eigenvalue weighted by Gasteiger charge is -2.13. The van der Waals surface area contributed by atoms with Crippen LogP contribution in [0.5, 0.6) is 0 Å². The number of amides is 1. The minimum Gasteiger partial charge on any atom is -0.352 e. The third-order valence-electron chi connectivity index (χ3n) is 5.14. The Bertz CT molecular complexity index is 1260. The minimum atomic E-state index is -0.396. The molecule has 154 valence electrons. The van der Waals surface area contributed by atoms with E-state index in [2.05, 4.69) is 5.32 Å². The second kappa shape index (κ2) is 8.75. The molecule has 2 heterocycles. The molecule has 4 aromatic rings. The van der Waals surface area contributed by atoms with E-state index >= 15 is 0 Å². The van der Waals surface area contributed by atoms with Crippen LogP contribution in [-0.2, 0) is 17.9 Å². The molecule has 0 saturated carbocycles. The number of thioether (sulfide) groups is 1. The number of aromatic nitrogens is 2. The van der Waals surface area contributed by atoms with Gasteiger partial charge >= 0.3 is 0 Å². The Morgan fingerprint density at radius 1 is 1.07 bits per heavy atom. The van der Waals surface area contributed by atoms with Gasteiger partial charge in [-0.2, -0.15) is 0 Å². The lowest BCUT2D eigenvalue weighted by atomic mass is 10.2. The molecule has 0 atom stereocenters. The van der Waals surface area contributed by atoms with Crippen molar-refractivity contribution in [3.63, 3.8) is 0 Å². The summed E-state index contributed by atoms with van der Waals surface area (Å²) in [6.45, 7) is 0.813. The average Bonchev–Trinajstić information content (AvgIpc) is 3.25. The molecule has 4 rings (SSSR count). The molecule has 2 aromatic heterocycles. The maximum absolute atomic E-state index is 13.8. The number of rotatable bonds is 7. The first-order valence-corrected chi connectivity index (χ1v) is 11.0. The van der Waals surface area contributed by atoms with E-state index in [0.717, 1.165) is 11.1 Å². The van der Waals surface area contributed by atoms with Crippen LogP contribution in [0.1, 0.15) is 18.4 Å². The van der Waals surface area contributed by atoms with Crippen molar-refractivity contribution in [3.05, 3.63) is 82.5 Å². The molecule has 0 radical (unpaired) electrons. The van der Waals surface area contributed by atoms with Gasteiger partial charge in [0.05, 0.1) is 11.0 Å². The van der Waals surface area contributed by atoms with Crippen LogP contribution >= 0.6 is 11.8 Å². The Morgan fingerprint density at radius 2 is 1.87 bits per heavy atom. The fourth-order valence-corrected chi connectivity index (χ4v) is 3.99. The van der Waals surface area contributed by atoms with Gasteiger partial charge in [-0.3, -0.25) is 9.59 Å². The molecule has 0 spiro atoms. The van der Waals surface area contributed by atoms with Crippen molar-refractivity contribution in [3.8, 4) is 0 Å². The Morgan fingerprint density at radius 3 is 2.63 bits per heavy atom. The third kappa shape index (κ3) is 4.11. The molecule has 0 fully saturated rings. The van der Waals surface area contributed by atoms with Gasteiger partial charge in [-0.15, -0.1) is 11.8 Å². The average molecular weight is 424 g/mol. The van der Waals surface area contributed by atoms with Crippen molar-refractivity contribution in [1.29, 1.82) is 0 Å². The van der Waals surface area contributed by atoms with Crippen molar-refractivity contribution < 1.29 is 9.18 Å². The van der Waals surface area contributed by atoms with E-state index in [0.29, 0.717) is 37.0 Å². The number of nitrogens with one attached hydrogen (secondary N) is 1. The number of carbonyl (C=O) groups excluding carboxylic acids is 1. The number of carbonyl (C=O) groups is 1. The quantitative estimate of drug-likeness (QED) is 0.453. The molecular weight excluding hydrogens is 401 g/mol. The summed E-state index contributed by atoms with van der Waals surface area (Å²) in [7, 11) is 0. The molecule has 0 aliphatic carbocycles. The molecule has 5 nitrogen and oxygen atoms in total. The van der Waals surface area contributed by atoms with Crippen molar-refractivity contribution in [2.75, 3.05) is 6.26 Å². The molecule has 30 heavy (non-hydrogen) atoms. The fourth-order valence-electron chi connectivity index (χ4n) is 3.58. The van der Waals surface area contributed by atoms with Crippen LogP contribution in [0.4, 0.5) is 4.39 Å². The molecule has 1 N–H and O–H groups in total. The summed E-state index contributed by atoms with van der Waals surface area (Å²) in [6, 6.07) is 16.0. The minimum absolute atomic E-state index is 0.0729. The van der Waals surface area contributed by atoms with Gasteiger partial charge in [-0.25, -0.2) is 4.39 Å². The lowest BCUT2D eigenvalue weighted by Crippen LogP contribution is -2.25.